The minimum absolute atomic E-state index is 0.00595. The Labute approximate surface area is 367 Å². The second-order valence-electron chi connectivity index (χ2n) is 17.9. The van der Waals surface area contributed by atoms with E-state index in [1.807, 2.05) is 59.8 Å². The van der Waals surface area contributed by atoms with Crippen LogP contribution in [0.1, 0.15) is 94.6 Å². The van der Waals surface area contributed by atoms with Crippen LogP contribution in [0.15, 0.2) is 97.5 Å². The van der Waals surface area contributed by atoms with Crippen LogP contribution >= 0.6 is 0 Å². The largest absolute Gasteiger partial charge is 0.444 e. The number of aromatic nitrogens is 5. The minimum atomic E-state index is -0.904. The maximum atomic E-state index is 14.2. The van der Waals surface area contributed by atoms with E-state index < -0.39 is 23.8 Å². The zero-order valence-corrected chi connectivity index (χ0v) is 36.1. The van der Waals surface area contributed by atoms with Gasteiger partial charge in [-0.3, -0.25) is 14.6 Å². The van der Waals surface area contributed by atoms with Crippen molar-refractivity contribution in [3.05, 3.63) is 115 Å². The molecule has 5 N–H and O–H groups in total. The highest BCUT2D eigenvalue weighted by Gasteiger charge is 2.39. The van der Waals surface area contributed by atoms with Crippen LogP contribution in [-0.2, 0) is 19.1 Å². The quantitative estimate of drug-likeness (QED) is 0.106. The number of H-pyrrole nitrogens is 2. The molecule has 0 aliphatic carbocycles. The molecule has 4 atom stereocenters. The first-order valence-corrected chi connectivity index (χ1v) is 22.1. The van der Waals surface area contributed by atoms with Crippen molar-refractivity contribution in [2.45, 2.75) is 89.1 Å². The molecular weight excluding hydrogens is 795 g/mol. The maximum Gasteiger partial charge on any atom is 0.408 e. The number of ether oxygens (including phenoxy) is 2. The fraction of sp³-hybridized carbons (Fsp3) is 0.388. The van der Waals surface area contributed by atoms with Gasteiger partial charge in [-0.05, 0) is 93.9 Å². The highest BCUT2D eigenvalue weighted by molar-refractivity contribution is 5.89. The summed E-state index contributed by atoms with van der Waals surface area (Å²) in [4.78, 5) is 65.6. The van der Waals surface area contributed by atoms with E-state index in [2.05, 4.69) is 51.7 Å². The number of amides is 3. The van der Waals surface area contributed by atoms with E-state index in [9.17, 15) is 14.4 Å². The number of carbonyl (C=O) groups is 3. The van der Waals surface area contributed by atoms with Crippen LogP contribution in [0, 0.1) is 5.92 Å². The number of nitrogens with zero attached hydrogens (tertiary/aromatic N) is 5. The lowest BCUT2D eigenvalue weighted by atomic mass is 9.91. The first kappa shape index (κ1) is 41.9. The average molecular weight is 850 g/mol. The molecule has 14 heteroatoms. The van der Waals surface area contributed by atoms with Crippen LogP contribution in [0.3, 0.4) is 0 Å². The number of rotatable bonds is 10. The highest BCUT2D eigenvalue weighted by atomic mass is 16.6. The number of aromatic amines is 2. The molecule has 6 aromatic rings. The van der Waals surface area contributed by atoms with Crippen molar-refractivity contribution in [2.24, 2.45) is 11.7 Å². The lowest BCUT2D eigenvalue weighted by Crippen LogP contribution is -2.48. The van der Waals surface area contributed by atoms with Gasteiger partial charge in [-0.15, -0.1) is 0 Å². The zero-order valence-electron chi connectivity index (χ0n) is 36.1. The van der Waals surface area contributed by atoms with Gasteiger partial charge in [0.2, 0.25) is 5.91 Å². The molecule has 3 fully saturated rings. The number of hydrogen-bond donors (Lipinski definition) is 4. The number of nitrogens with one attached hydrogen (secondary N) is 3. The van der Waals surface area contributed by atoms with E-state index in [0.717, 1.165) is 88.9 Å². The maximum absolute atomic E-state index is 14.2. The van der Waals surface area contributed by atoms with Crippen LogP contribution in [0.4, 0.5) is 4.79 Å². The number of alkyl carbamates (subject to hydrolysis) is 1. The predicted molar refractivity (Wildman–Crippen MR) is 240 cm³/mol. The summed E-state index contributed by atoms with van der Waals surface area (Å²) in [5.41, 5.74) is 12.0. The molecule has 0 unspecified atom stereocenters. The summed E-state index contributed by atoms with van der Waals surface area (Å²) in [6, 6.07) is 24.0. The smallest absolute Gasteiger partial charge is 0.408 e. The van der Waals surface area contributed by atoms with Crippen molar-refractivity contribution in [3.8, 4) is 33.8 Å². The fourth-order valence-corrected chi connectivity index (χ4v) is 9.21. The number of imidazole rings is 2. The Kier molecular flexibility index (Phi) is 11.8. The van der Waals surface area contributed by atoms with E-state index >= 15 is 0 Å². The third-order valence-electron chi connectivity index (χ3n) is 12.5. The molecule has 3 aromatic carbocycles. The molecule has 3 amide bonds. The molecule has 0 bridgehead atoms. The van der Waals surface area contributed by atoms with E-state index in [1.165, 1.54) is 0 Å². The van der Waals surface area contributed by atoms with Gasteiger partial charge < -0.3 is 40.3 Å². The van der Waals surface area contributed by atoms with Crippen molar-refractivity contribution in [1.82, 2.24) is 40.0 Å². The highest BCUT2D eigenvalue weighted by Crippen LogP contribution is 2.36. The van der Waals surface area contributed by atoms with Crippen molar-refractivity contribution in [3.63, 3.8) is 0 Å². The van der Waals surface area contributed by atoms with Gasteiger partial charge in [0.25, 0.3) is 5.91 Å². The van der Waals surface area contributed by atoms with Gasteiger partial charge in [-0.25, -0.2) is 14.8 Å². The van der Waals surface area contributed by atoms with Crippen molar-refractivity contribution in [1.29, 1.82) is 0 Å². The number of hydrogen-bond acceptors (Lipinski definition) is 9. The molecule has 326 valence electrons. The van der Waals surface area contributed by atoms with E-state index in [1.54, 1.807) is 31.9 Å². The van der Waals surface area contributed by atoms with Gasteiger partial charge in [-0.2, -0.15) is 0 Å². The standard InChI is InChI=1S/C49H55N9O5/c1-49(2,3)63-48(61)56-43(33-9-5-4-6-10-33)47(60)58-22-8-12-41(58)45-52-28-38(54-45)31-15-13-30(14-16-31)37-26-34-17-18-35(25-36(34)27-51-37)39-29-53-44(55-39)40-11-7-21-57(40)46(59)42(50)32-19-23-62-24-20-32/h4-6,9-10,13-18,25-29,32,40-43H,7-8,11-12,19-24,50H2,1-3H3,(H,52,54)(H,53,55)(H,56,61)/t40-,41-,42-,43+/m0/s1. The average Bonchev–Trinajstić information content (AvgIpc) is 4.15. The first-order chi connectivity index (χ1) is 30.5. The van der Waals surface area contributed by atoms with Crippen LogP contribution in [0.25, 0.3) is 44.5 Å². The molecule has 9 rings (SSSR count). The van der Waals surface area contributed by atoms with Gasteiger partial charge in [0.15, 0.2) is 0 Å². The molecule has 0 spiro atoms. The Balaban J connectivity index is 0.863. The number of pyridine rings is 1. The monoisotopic (exact) mass is 849 g/mol. The summed E-state index contributed by atoms with van der Waals surface area (Å²) in [5, 5.41) is 4.89. The fourth-order valence-electron chi connectivity index (χ4n) is 9.21. The second-order valence-corrected chi connectivity index (χ2v) is 17.9. The number of benzene rings is 3. The number of fused-ring (bicyclic) bond motifs is 1. The van der Waals surface area contributed by atoms with Crippen LogP contribution in [0.2, 0.25) is 0 Å². The SMILES string of the molecule is CC(C)(C)OC(=O)N[C@@H](C(=O)N1CCC[C@H]1c1ncc(-c2ccc(-c3cc4ccc(-c5cnc([C@@H]6CCCN6C(=O)[C@@H](N)C6CCOCC6)[nH]5)cc4cn3)cc2)[nH]1)c1ccccc1. The van der Waals surface area contributed by atoms with Gasteiger partial charge >= 0.3 is 6.09 Å². The summed E-state index contributed by atoms with van der Waals surface area (Å²) in [7, 11) is 0. The number of likely N-dealkylation sites (tertiary alicyclic amines) is 2. The zero-order chi connectivity index (χ0) is 43.7. The molecule has 3 saturated heterocycles. The molecule has 63 heavy (non-hydrogen) atoms. The van der Waals surface area contributed by atoms with Gasteiger partial charge in [0.1, 0.15) is 23.3 Å². The van der Waals surface area contributed by atoms with Gasteiger partial charge in [-0.1, -0.05) is 66.7 Å². The molecular formula is C49H55N9O5. The Bertz CT molecular complexity index is 2580. The second kappa shape index (κ2) is 17.8. The molecule has 6 heterocycles. The molecule has 0 saturated carbocycles. The minimum Gasteiger partial charge on any atom is -0.444 e. The summed E-state index contributed by atoms with van der Waals surface area (Å²) >= 11 is 0. The molecule has 3 aromatic heterocycles. The van der Waals surface area contributed by atoms with Gasteiger partial charge in [0, 0.05) is 49.0 Å². The first-order valence-electron chi connectivity index (χ1n) is 22.1. The predicted octanol–water partition coefficient (Wildman–Crippen LogP) is 8.03. The Morgan fingerprint density at radius 1 is 0.730 bits per heavy atom. The lowest BCUT2D eigenvalue weighted by molar-refractivity contribution is -0.136. The molecule has 3 aliphatic rings. The summed E-state index contributed by atoms with van der Waals surface area (Å²) < 4.78 is 11.0. The van der Waals surface area contributed by atoms with E-state index in [4.69, 9.17) is 30.2 Å². The van der Waals surface area contributed by atoms with Crippen LogP contribution in [-0.4, -0.2) is 90.6 Å². The Morgan fingerprint density at radius 3 is 1.98 bits per heavy atom. The normalized spacial score (nSPS) is 19.3. The van der Waals surface area contributed by atoms with E-state index in [0.29, 0.717) is 37.7 Å². The van der Waals surface area contributed by atoms with Crippen molar-refractivity contribution >= 4 is 28.7 Å². The number of carbonyl (C=O) groups excluding carboxylic acids is 3. The summed E-state index contributed by atoms with van der Waals surface area (Å²) in [6.07, 6.45) is 9.87. The van der Waals surface area contributed by atoms with Crippen LogP contribution in [0.5, 0.6) is 0 Å². The summed E-state index contributed by atoms with van der Waals surface area (Å²) in [5.74, 6) is 1.43. The molecule has 3 aliphatic heterocycles. The molecule has 0 radical (unpaired) electrons. The van der Waals surface area contributed by atoms with Crippen molar-refractivity contribution in [2.75, 3.05) is 26.3 Å². The third kappa shape index (κ3) is 9.09. The third-order valence-corrected chi connectivity index (χ3v) is 12.5. The topological polar surface area (TPSA) is 184 Å². The molecule has 14 nitrogen and oxygen atoms in total. The Hall–Kier alpha value is -6.38. The van der Waals surface area contributed by atoms with Gasteiger partial charge in [0.05, 0.1) is 47.6 Å². The van der Waals surface area contributed by atoms with E-state index in [-0.39, 0.29) is 29.8 Å². The van der Waals surface area contributed by atoms with Crippen molar-refractivity contribution < 1.29 is 23.9 Å². The summed E-state index contributed by atoms with van der Waals surface area (Å²) in [6.45, 7) is 7.93. The van der Waals surface area contributed by atoms with Crippen LogP contribution < -0.4 is 11.1 Å². The number of nitrogens with two attached hydrogens (primary N) is 1. The lowest BCUT2D eigenvalue weighted by Gasteiger charge is -2.32. The Morgan fingerprint density at radius 2 is 1.33 bits per heavy atom.